The zero-order valence-corrected chi connectivity index (χ0v) is 8.39. The van der Waals surface area contributed by atoms with E-state index in [1.165, 1.54) is 0 Å². The topological polar surface area (TPSA) is 57.5 Å². The molecule has 0 radical (unpaired) electrons. The third-order valence-electron chi connectivity index (χ3n) is 1.84. The zero-order valence-electron chi connectivity index (χ0n) is 7.57. The molecule has 0 bridgehead atoms. The summed E-state index contributed by atoms with van der Waals surface area (Å²) in [7, 11) is 0. The maximum absolute atomic E-state index is 10.4. The summed E-state index contributed by atoms with van der Waals surface area (Å²) < 4.78 is 0. The number of carbonyl (C=O) groups is 1. The number of carboxylic acids is 1. The molecule has 0 saturated heterocycles. The maximum Gasteiger partial charge on any atom is 0.332 e. The molecule has 1 aromatic heterocycles. The Morgan fingerprint density at radius 1 is 1.62 bits per heavy atom. The van der Waals surface area contributed by atoms with E-state index in [0.29, 0.717) is 0 Å². The summed E-state index contributed by atoms with van der Waals surface area (Å²) in [4.78, 5) is 12.6. The van der Waals surface area contributed by atoms with Gasteiger partial charge < -0.3 is 10.2 Å². The average molecular weight is 200 g/mol. The minimum Gasteiger partial charge on any atom is -0.479 e. The van der Waals surface area contributed by atoms with Crippen LogP contribution in [0.4, 0.5) is 0 Å². The molecule has 0 aliphatic rings. The second-order valence-corrected chi connectivity index (χ2v) is 4.46. The van der Waals surface area contributed by atoms with Crippen molar-refractivity contribution in [2.75, 3.05) is 0 Å². The average Bonchev–Trinajstić information content (AvgIpc) is 2.30. The monoisotopic (exact) mass is 200 g/mol. The lowest BCUT2D eigenvalue weighted by atomic mass is 10.1. The van der Waals surface area contributed by atoms with Crippen molar-refractivity contribution in [2.24, 2.45) is 0 Å². The lowest BCUT2D eigenvalue weighted by Crippen LogP contribution is -2.21. The van der Waals surface area contributed by atoms with Crippen LogP contribution in [0.15, 0.2) is 6.07 Å². The first kappa shape index (κ1) is 10.2. The molecule has 0 aliphatic carbocycles. The summed E-state index contributed by atoms with van der Waals surface area (Å²) >= 11 is 1.62. The van der Waals surface area contributed by atoms with Crippen molar-refractivity contribution in [3.8, 4) is 0 Å². The molecular formula is C9H12O3S. The first-order chi connectivity index (χ1) is 6.00. The van der Waals surface area contributed by atoms with Crippen molar-refractivity contribution in [2.45, 2.75) is 26.4 Å². The lowest BCUT2D eigenvalue weighted by Gasteiger charge is -2.03. The normalized spacial score (nSPS) is 12.8. The first-order valence-corrected chi connectivity index (χ1v) is 4.79. The summed E-state index contributed by atoms with van der Waals surface area (Å²) in [5, 5.41) is 17.6. The molecule has 0 spiro atoms. The van der Waals surface area contributed by atoms with E-state index in [0.717, 1.165) is 15.3 Å². The summed E-state index contributed by atoms with van der Waals surface area (Å²) in [5.74, 6) is -1.16. The number of aliphatic carboxylic acids is 1. The highest BCUT2D eigenvalue weighted by atomic mass is 32.1. The molecule has 0 amide bonds. The van der Waals surface area contributed by atoms with Gasteiger partial charge in [0.1, 0.15) is 0 Å². The minimum atomic E-state index is -1.28. The molecule has 1 aromatic rings. The van der Waals surface area contributed by atoms with Crippen LogP contribution in [0.25, 0.3) is 0 Å². The molecular weight excluding hydrogens is 188 g/mol. The smallest absolute Gasteiger partial charge is 0.332 e. The van der Waals surface area contributed by atoms with Gasteiger partial charge in [-0.15, -0.1) is 11.3 Å². The van der Waals surface area contributed by atoms with Crippen LogP contribution in [0.5, 0.6) is 0 Å². The van der Waals surface area contributed by atoms with Crippen LogP contribution < -0.4 is 0 Å². The molecule has 72 valence electrons. The standard InChI is InChI=1S/C9H12O3S/c1-5-3-7(6(2)13-5)4-8(10)9(11)12/h3,8,10H,4H2,1-2H3,(H,11,12). The van der Waals surface area contributed by atoms with Crippen LogP contribution in [0.1, 0.15) is 15.3 Å². The molecule has 0 fully saturated rings. The van der Waals surface area contributed by atoms with Crippen LogP contribution >= 0.6 is 11.3 Å². The molecule has 0 aromatic carbocycles. The fourth-order valence-corrected chi connectivity index (χ4v) is 2.14. The fourth-order valence-electron chi connectivity index (χ4n) is 1.18. The van der Waals surface area contributed by atoms with Crippen molar-refractivity contribution in [3.63, 3.8) is 0 Å². The van der Waals surface area contributed by atoms with E-state index >= 15 is 0 Å². The molecule has 1 unspecified atom stereocenters. The molecule has 1 rings (SSSR count). The van der Waals surface area contributed by atoms with E-state index in [-0.39, 0.29) is 6.42 Å². The molecule has 2 N–H and O–H groups in total. The van der Waals surface area contributed by atoms with Crippen LogP contribution in [-0.4, -0.2) is 22.3 Å². The van der Waals surface area contributed by atoms with Crippen molar-refractivity contribution < 1.29 is 15.0 Å². The van der Waals surface area contributed by atoms with Crippen molar-refractivity contribution in [1.82, 2.24) is 0 Å². The van der Waals surface area contributed by atoms with Crippen LogP contribution in [0.3, 0.4) is 0 Å². The number of aliphatic hydroxyl groups excluding tert-OH is 1. The van der Waals surface area contributed by atoms with Crippen LogP contribution in [0.2, 0.25) is 0 Å². The summed E-state index contributed by atoms with van der Waals surface area (Å²) in [6, 6.07) is 1.92. The van der Waals surface area contributed by atoms with Gasteiger partial charge in [0.15, 0.2) is 6.10 Å². The minimum absolute atomic E-state index is 0.200. The number of hydrogen-bond acceptors (Lipinski definition) is 3. The SMILES string of the molecule is Cc1cc(CC(O)C(=O)O)c(C)s1. The molecule has 1 atom stereocenters. The number of carboxylic acid groups (broad SMARTS) is 1. The van der Waals surface area contributed by atoms with Crippen molar-refractivity contribution in [3.05, 3.63) is 21.4 Å². The molecule has 4 heteroatoms. The first-order valence-electron chi connectivity index (χ1n) is 3.97. The third kappa shape index (κ3) is 2.54. The third-order valence-corrected chi connectivity index (χ3v) is 2.85. The molecule has 13 heavy (non-hydrogen) atoms. The largest absolute Gasteiger partial charge is 0.479 e. The van der Waals surface area contributed by atoms with Gasteiger partial charge in [0, 0.05) is 16.2 Å². The van der Waals surface area contributed by atoms with Gasteiger partial charge in [-0.2, -0.15) is 0 Å². The van der Waals surface area contributed by atoms with Gasteiger partial charge in [0.2, 0.25) is 0 Å². The number of rotatable bonds is 3. The van der Waals surface area contributed by atoms with E-state index in [2.05, 4.69) is 0 Å². The van der Waals surface area contributed by atoms with Crippen molar-refractivity contribution in [1.29, 1.82) is 0 Å². The lowest BCUT2D eigenvalue weighted by molar-refractivity contribution is -0.146. The predicted molar refractivity (Wildman–Crippen MR) is 51.1 cm³/mol. The van der Waals surface area contributed by atoms with Gasteiger partial charge in [-0.1, -0.05) is 0 Å². The second kappa shape index (κ2) is 3.89. The molecule has 3 nitrogen and oxygen atoms in total. The van der Waals surface area contributed by atoms with Crippen LogP contribution in [-0.2, 0) is 11.2 Å². The molecule has 0 saturated carbocycles. The van der Waals surface area contributed by atoms with Gasteiger partial charge in [-0.3, -0.25) is 0 Å². The Balaban J connectivity index is 2.74. The highest BCUT2D eigenvalue weighted by Crippen LogP contribution is 2.21. The second-order valence-electron chi connectivity index (χ2n) is 3.00. The maximum atomic E-state index is 10.4. The quantitative estimate of drug-likeness (QED) is 0.774. The van der Waals surface area contributed by atoms with E-state index in [9.17, 15) is 4.79 Å². The summed E-state index contributed by atoms with van der Waals surface area (Å²) in [6.45, 7) is 3.90. The van der Waals surface area contributed by atoms with Gasteiger partial charge in [0.05, 0.1) is 0 Å². The number of hydrogen-bond donors (Lipinski definition) is 2. The Kier molecular flexibility index (Phi) is 3.06. The highest BCUT2D eigenvalue weighted by Gasteiger charge is 2.15. The Morgan fingerprint density at radius 3 is 2.62 bits per heavy atom. The predicted octanol–water partition coefficient (Wildman–Crippen LogP) is 1.35. The van der Waals surface area contributed by atoms with Crippen molar-refractivity contribution >= 4 is 17.3 Å². The number of thiophene rings is 1. The molecule has 1 heterocycles. The van der Waals surface area contributed by atoms with Crippen LogP contribution in [0, 0.1) is 13.8 Å². The molecule has 0 aliphatic heterocycles. The Bertz CT molecular complexity index is 317. The van der Waals surface area contributed by atoms with E-state index in [4.69, 9.17) is 10.2 Å². The number of aryl methyl sites for hydroxylation is 2. The Labute approximate surface area is 80.6 Å². The van der Waals surface area contributed by atoms with Gasteiger partial charge in [-0.05, 0) is 25.5 Å². The summed E-state index contributed by atoms with van der Waals surface area (Å²) in [6.07, 6.45) is -1.08. The Hall–Kier alpha value is -0.870. The summed E-state index contributed by atoms with van der Waals surface area (Å²) in [5.41, 5.74) is 0.928. The zero-order chi connectivity index (χ0) is 10.0. The van der Waals surface area contributed by atoms with E-state index in [1.807, 2.05) is 19.9 Å². The number of aliphatic hydroxyl groups is 1. The highest BCUT2D eigenvalue weighted by molar-refractivity contribution is 7.12. The van der Waals surface area contributed by atoms with Gasteiger partial charge >= 0.3 is 5.97 Å². The fraction of sp³-hybridized carbons (Fsp3) is 0.444. The van der Waals surface area contributed by atoms with E-state index in [1.54, 1.807) is 11.3 Å². The van der Waals surface area contributed by atoms with Gasteiger partial charge in [-0.25, -0.2) is 4.79 Å². The Morgan fingerprint density at radius 2 is 2.23 bits per heavy atom. The van der Waals surface area contributed by atoms with E-state index < -0.39 is 12.1 Å². The van der Waals surface area contributed by atoms with Gasteiger partial charge in [0.25, 0.3) is 0 Å².